The van der Waals surface area contributed by atoms with Gasteiger partial charge in [0.1, 0.15) is 0 Å². The third-order valence-electron chi connectivity index (χ3n) is 4.55. The smallest absolute Gasteiger partial charge is 0.276 e. The van der Waals surface area contributed by atoms with Gasteiger partial charge < -0.3 is 9.64 Å². The zero-order chi connectivity index (χ0) is 20.2. The van der Waals surface area contributed by atoms with E-state index in [1.165, 1.54) is 11.8 Å². The molecule has 1 saturated heterocycles. The van der Waals surface area contributed by atoms with Crippen molar-refractivity contribution in [1.29, 1.82) is 0 Å². The maximum atomic E-state index is 13.3. The van der Waals surface area contributed by atoms with Gasteiger partial charge in [0.05, 0.1) is 23.6 Å². The number of morpholine rings is 1. The summed E-state index contributed by atoms with van der Waals surface area (Å²) in [6.45, 7) is 5.02. The number of amides is 1. The summed E-state index contributed by atoms with van der Waals surface area (Å²) in [4.78, 5) is 23.6. The predicted octanol–water partition coefficient (Wildman–Crippen LogP) is 2.60. The van der Waals surface area contributed by atoms with Crippen LogP contribution in [0, 0.1) is 0 Å². The van der Waals surface area contributed by atoms with E-state index in [0.717, 1.165) is 11.4 Å². The van der Waals surface area contributed by atoms with Gasteiger partial charge in [-0.25, -0.2) is 14.6 Å². The van der Waals surface area contributed by atoms with Crippen molar-refractivity contribution < 1.29 is 9.53 Å². The molecule has 0 spiro atoms. The number of benzene rings is 1. The average molecular weight is 411 g/mol. The number of hydrogen-bond donors (Lipinski definition) is 0. The Labute approximate surface area is 173 Å². The molecule has 3 heterocycles. The fraction of sp³-hybridized carbons (Fsp3) is 0.350. The fourth-order valence-electron chi connectivity index (χ4n) is 3.36. The van der Waals surface area contributed by atoms with Gasteiger partial charge >= 0.3 is 0 Å². The molecule has 0 bridgehead atoms. The molecule has 150 valence electrons. The molecule has 0 N–H and O–H groups in total. The summed E-state index contributed by atoms with van der Waals surface area (Å²) in [6.07, 6.45) is 3.37. The molecule has 2 atom stereocenters. The van der Waals surface area contributed by atoms with Crippen LogP contribution in [0.5, 0.6) is 0 Å². The molecule has 1 aromatic carbocycles. The average Bonchev–Trinajstić information content (AvgIpc) is 3.16. The lowest BCUT2D eigenvalue weighted by atomic mass is 10.2. The first kappa shape index (κ1) is 19.5. The molecule has 3 aromatic rings. The summed E-state index contributed by atoms with van der Waals surface area (Å²) in [5.74, 6) is 0.348. The van der Waals surface area contributed by atoms with Crippen LogP contribution in [-0.4, -0.2) is 61.1 Å². The van der Waals surface area contributed by atoms with Crippen molar-refractivity contribution in [3.63, 3.8) is 0 Å². The van der Waals surface area contributed by atoms with Crippen molar-refractivity contribution in [3.05, 3.63) is 60.2 Å². The molecule has 1 amide bonds. The van der Waals surface area contributed by atoms with Crippen molar-refractivity contribution in [3.8, 4) is 5.69 Å². The van der Waals surface area contributed by atoms with Crippen LogP contribution >= 0.6 is 11.8 Å². The third-order valence-corrected chi connectivity index (χ3v) is 5.44. The highest BCUT2D eigenvalue weighted by atomic mass is 32.2. The van der Waals surface area contributed by atoms with Gasteiger partial charge in [0.2, 0.25) is 0 Å². The minimum absolute atomic E-state index is 0.0117. The fourth-order valence-corrected chi connectivity index (χ4v) is 4.16. The molecule has 0 radical (unpaired) electrons. The van der Waals surface area contributed by atoms with Gasteiger partial charge in [0, 0.05) is 31.2 Å². The lowest BCUT2D eigenvalue weighted by molar-refractivity contribution is -0.0587. The van der Waals surface area contributed by atoms with Crippen LogP contribution in [0.3, 0.4) is 0 Å². The zero-order valence-corrected chi connectivity index (χ0v) is 17.1. The number of para-hydroxylation sites is 1. The van der Waals surface area contributed by atoms with Crippen molar-refractivity contribution in [1.82, 2.24) is 29.9 Å². The molecule has 9 heteroatoms. The van der Waals surface area contributed by atoms with E-state index in [0.29, 0.717) is 29.7 Å². The molecule has 2 aromatic heterocycles. The molecule has 1 fully saturated rings. The number of ether oxygens (including phenoxy) is 1. The van der Waals surface area contributed by atoms with E-state index in [-0.39, 0.29) is 18.1 Å². The number of hydrogen-bond acceptors (Lipinski definition) is 7. The first-order valence-electron chi connectivity index (χ1n) is 9.46. The van der Waals surface area contributed by atoms with Gasteiger partial charge in [-0.15, -0.1) is 5.10 Å². The van der Waals surface area contributed by atoms with Gasteiger partial charge in [-0.3, -0.25) is 4.79 Å². The highest BCUT2D eigenvalue weighted by molar-refractivity contribution is 7.98. The van der Waals surface area contributed by atoms with Crippen molar-refractivity contribution in [2.24, 2.45) is 0 Å². The second-order valence-corrected chi connectivity index (χ2v) is 7.86. The first-order chi connectivity index (χ1) is 14.1. The highest BCUT2D eigenvalue weighted by Gasteiger charge is 2.31. The van der Waals surface area contributed by atoms with Crippen LogP contribution < -0.4 is 0 Å². The molecule has 0 aliphatic carbocycles. The summed E-state index contributed by atoms with van der Waals surface area (Å²) in [5, 5.41) is 9.18. The van der Waals surface area contributed by atoms with E-state index < -0.39 is 0 Å². The Hall–Kier alpha value is -2.78. The van der Waals surface area contributed by atoms with Gasteiger partial charge in [0.25, 0.3) is 5.91 Å². The van der Waals surface area contributed by atoms with Gasteiger partial charge in [-0.1, -0.05) is 35.2 Å². The SMILES string of the molecule is CC1CN(C(=O)c2nnn(-c3ccccc3)c2CSc2ncccn2)CC(C)O1. The molecule has 8 nitrogen and oxygen atoms in total. The van der Waals surface area contributed by atoms with E-state index in [9.17, 15) is 4.79 Å². The Balaban J connectivity index is 1.66. The number of rotatable bonds is 5. The summed E-state index contributed by atoms with van der Waals surface area (Å²) in [7, 11) is 0. The summed E-state index contributed by atoms with van der Waals surface area (Å²) < 4.78 is 7.48. The molecular weight excluding hydrogens is 388 g/mol. The number of thioether (sulfide) groups is 1. The number of carbonyl (C=O) groups excluding carboxylic acids is 1. The van der Waals surface area contributed by atoms with E-state index in [2.05, 4.69) is 20.3 Å². The Bertz CT molecular complexity index is 956. The number of nitrogens with zero attached hydrogens (tertiary/aromatic N) is 6. The Morgan fingerprint density at radius 1 is 1.10 bits per heavy atom. The second kappa shape index (κ2) is 8.71. The van der Waals surface area contributed by atoms with Crippen LogP contribution in [0.2, 0.25) is 0 Å². The summed E-state index contributed by atoms with van der Waals surface area (Å²) >= 11 is 1.45. The highest BCUT2D eigenvalue weighted by Crippen LogP contribution is 2.24. The number of aromatic nitrogens is 5. The van der Waals surface area contributed by atoms with Gasteiger partial charge in [-0.2, -0.15) is 0 Å². The van der Waals surface area contributed by atoms with Crippen molar-refractivity contribution in [2.75, 3.05) is 13.1 Å². The maximum absolute atomic E-state index is 13.3. The second-order valence-electron chi connectivity index (χ2n) is 6.92. The minimum atomic E-state index is -0.126. The van der Waals surface area contributed by atoms with Crippen LogP contribution in [0.4, 0.5) is 0 Å². The normalized spacial score (nSPS) is 19.3. The maximum Gasteiger partial charge on any atom is 0.276 e. The van der Waals surface area contributed by atoms with E-state index >= 15 is 0 Å². The summed E-state index contributed by atoms with van der Waals surface area (Å²) in [6, 6.07) is 11.5. The lowest BCUT2D eigenvalue weighted by Gasteiger charge is -2.35. The standard InChI is InChI=1S/C20H22N6O2S/c1-14-11-25(12-15(2)28-14)19(27)18-17(13-29-20-21-9-6-10-22-20)26(24-23-18)16-7-4-3-5-8-16/h3-10,14-15H,11-13H2,1-2H3. The van der Waals surface area contributed by atoms with Crippen molar-refractivity contribution >= 4 is 17.7 Å². The first-order valence-corrected chi connectivity index (χ1v) is 10.4. The Morgan fingerprint density at radius 2 is 1.79 bits per heavy atom. The monoisotopic (exact) mass is 410 g/mol. The van der Waals surface area contributed by atoms with E-state index in [1.54, 1.807) is 28.0 Å². The molecule has 1 aliphatic rings. The third kappa shape index (κ3) is 4.46. The molecule has 0 saturated carbocycles. The Morgan fingerprint density at radius 3 is 2.48 bits per heavy atom. The molecular formula is C20H22N6O2S. The van der Waals surface area contributed by atoms with Gasteiger partial charge in [0.15, 0.2) is 10.9 Å². The van der Waals surface area contributed by atoms with Crippen LogP contribution in [0.15, 0.2) is 53.9 Å². The van der Waals surface area contributed by atoms with Crippen LogP contribution in [0.1, 0.15) is 30.0 Å². The topological polar surface area (TPSA) is 86.0 Å². The lowest BCUT2D eigenvalue weighted by Crippen LogP contribution is -2.48. The Kier molecular flexibility index (Phi) is 5.86. The summed E-state index contributed by atoms with van der Waals surface area (Å²) in [5.41, 5.74) is 1.94. The van der Waals surface area contributed by atoms with Crippen LogP contribution in [-0.2, 0) is 10.5 Å². The number of carbonyl (C=O) groups is 1. The largest absolute Gasteiger partial charge is 0.372 e. The predicted molar refractivity (Wildman–Crippen MR) is 109 cm³/mol. The molecule has 29 heavy (non-hydrogen) atoms. The molecule has 1 aliphatic heterocycles. The van der Waals surface area contributed by atoms with Crippen LogP contribution in [0.25, 0.3) is 5.69 Å². The molecule has 2 unspecified atom stereocenters. The quantitative estimate of drug-likeness (QED) is 0.472. The minimum Gasteiger partial charge on any atom is -0.372 e. The van der Waals surface area contributed by atoms with E-state index in [1.807, 2.05) is 44.2 Å². The molecule has 4 rings (SSSR count). The van der Waals surface area contributed by atoms with Gasteiger partial charge in [-0.05, 0) is 32.0 Å². The van der Waals surface area contributed by atoms with E-state index in [4.69, 9.17) is 4.74 Å². The van der Waals surface area contributed by atoms with Crippen molar-refractivity contribution in [2.45, 2.75) is 37.0 Å². The zero-order valence-electron chi connectivity index (χ0n) is 16.3.